The highest BCUT2D eigenvalue weighted by Gasteiger charge is 2.15. The predicted octanol–water partition coefficient (Wildman–Crippen LogP) is 3.12. The van der Waals surface area contributed by atoms with E-state index in [0.717, 1.165) is 6.16 Å². The summed E-state index contributed by atoms with van der Waals surface area (Å²) in [4.78, 5) is 0. The molecule has 0 radical (unpaired) electrons. The molecule has 88 valence electrons. The fourth-order valence-electron chi connectivity index (χ4n) is 0.333. The average Bonchev–Trinajstić information content (AvgIpc) is 2.16. The minimum atomic E-state index is -2.66. The van der Waals surface area contributed by atoms with E-state index in [1.807, 2.05) is 6.92 Å². The second-order valence-corrected chi connectivity index (χ2v) is 9.55. The van der Waals surface area contributed by atoms with Crippen LogP contribution < -0.4 is 0 Å². The van der Waals surface area contributed by atoms with Crippen molar-refractivity contribution in [3.8, 4) is 0 Å². The number of rotatable bonds is 4. The Bertz CT molecular complexity index is 202. The number of hydrogen-bond acceptors (Lipinski definition) is 4. The normalized spacial score (nSPS) is 11.9. The van der Waals surface area contributed by atoms with Gasteiger partial charge in [0.05, 0.1) is 7.14 Å². The van der Waals surface area contributed by atoms with E-state index in [0.29, 0.717) is 6.16 Å². The lowest BCUT2D eigenvalue weighted by Gasteiger charge is -2.08. The summed E-state index contributed by atoms with van der Waals surface area (Å²) in [6.07, 6.45) is 1.26. The largest absolute Gasteiger partial charge is 0.329 e. The second kappa shape index (κ2) is 7.64. The van der Waals surface area contributed by atoms with E-state index < -0.39 is 14.7 Å². The molecule has 4 nitrogen and oxygen atoms in total. The molecule has 0 rings (SSSR count). The molecule has 0 saturated heterocycles. The highest BCUT2D eigenvalue weighted by Crippen LogP contribution is 2.45. The molecule has 0 atom stereocenters. The maximum Gasteiger partial charge on any atom is 0.329 e. The maximum atomic E-state index is 10.9. The zero-order valence-corrected chi connectivity index (χ0v) is 11.7. The van der Waals surface area contributed by atoms with E-state index in [4.69, 9.17) is 0 Å². The lowest BCUT2D eigenvalue weighted by atomic mass is 11.0. The molecule has 14 heavy (non-hydrogen) atoms. The molecule has 0 N–H and O–H groups in total. The second-order valence-electron chi connectivity index (χ2n) is 3.18. The molecule has 0 aliphatic heterocycles. The minimum Gasteiger partial charge on any atom is -0.324 e. The molecule has 6 heteroatoms. The molecule has 0 unspecified atom stereocenters. The van der Waals surface area contributed by atoms with Gasteiger partial charge in [-0.05, 0) is 19.5 Å². The summed E-state index contributed by atoms with van der Waals surface area (Å²) in [7, 11) is -1.54. The predicted molar refractivity (Wildman–Crippen MR) is 62.2 cm³/mol. The fourth-order valence-corrected chi connectivity index (χ4v) is 0.998. The summed E-state index contributed by atoms with van der Waals surface area (Å²) < 4.78 is 30.6. The zero-order valence-electron chi connectivity index (χ0n) is 9.94. The third kappa shape index (κ3) is 10.5. The van der Waals surface area contributed by atoms with Crippen LogP contribution in [0.1, 0.15) is 13.8 Å². The summed E-state index contributed by atoms with van der Waals surface area (Å²) in [5, 5.41) is 0. The van der Waals surface area contributed by atoms with Crippen LogP contribution in [-0.2, 0) is 18.2 Å². The van der Waals surface area contributed by atoms with E-state index >= 15 is 0 Å². The standard InChI is InChI=1S/C4H11O3P.C4H11OP/c1-4-8(5,6-2)7-3;1-4-6(2,3)5/h4H2,1-3H3;4H2,1-3H3. The van der Waals surface area contributed by atoms with Crippen molar-refractivity contribution in [1.82, 2.24) is 0 Å². The Kier molecular flexibility index (Phi) is 9.17. The highest BCUT2D eigenvalue weighted by atomic mass is 31.2. The van der Waals surface area contributed by atoms with Gasteiger partial charge in [0.25, 0.3) is 0 Å². The van der Waals surface area contributed by atoms with Gasteiger partial charge in [-0.15, -0.1) is 0 Å². The van der Waals surface area contributed by atoms with Crippen molar-refractivity contribution in [2.24, 2.45) is 0 Å². The van der Waals surface area contributed by atoms with Crippen molar-refractivity contribution in [3.63, 3.8) is 0 Å². The van der Waals surface area contributed by atoms with Gasteiger partial charge < -0.3 is 13.6 Å². The van der Waals surface area contributed by atoms with Crippen LogP contribution in [0.15, 0.2) is 0 Å². The molecule has 0 aliphatic rings. The van der Waals surface area contributed by atoms with E-state index in [1.54, 1.807) is 20.3 Å². The maximum absolute atomic E-state index is 10.9. The first-order valence-corrected chi connectivity index (χ1v) is 9.00. The lowest BCUT2D eigenvalue weighted by molar-refractivity contribution is 0.277. The molecule has 0 heterocycles. The number of hydrogen-bond donors (Lipinski definition) is 0. The van der Waals surface area contributed by atoms with E-state index in [-0.39, 0.29) is 0 Å². The molecule has 0 fully saturated rings. The highest BCUT2D eigenvalue weighted by molar-refractivity contribution is 7.62. The smallest absolute Gasteiger partial charge is 0.324 e. The molecular weight excluding hydrogens is 222 g/mol. The van der Waals surface area contributed by atoms with Crippen molar-refractivity contribution in [3.05, 3.63) is 0 Å². The van der Waals surface area contributed by atoms with Crippen molar-refractivity contribution in [1.29, 1.82) is 0 Å². The first-order valence-electron chi connectivity index (χ1n) is 4.49. The molecule has 0 spiro atoms. The van der Waals surface area contributed by atoms with E-state index in [2.05, 4.69) is 9.05 Å². The van der Waals surface area contributed by atoms with E-state index in [9.17, 15) is 9.13 Å². The Morgan fingerprint density at radius 1 is 0.929 bits per heavy atom. The Hall–Kier alpha value is 0.380. The van der Waals surface area contributed by atoms with Gasteiger partial charge in [0.15, 0.2) is 0 Å². The van der Waals surface area contributed by atoms with Gasteiger partial charge in [0.1, 0.15) is 0 Å². The van der Waals surface area contributed by atoms with Crippen LogP contribution in [0.4, 0.5) is 0 Å². The summed E-state index contributed by atoms with van der Waals surface area (Å²) in [5.74, 6) is 0. The van der Waals surface area contributed by atoms with Gasteiger partial charge in [0, 0.05) is 20.4 Å². The molecule has 0 bridgehead atoms. The monoisotopic (exact) mass is 244 g/mol. The zero-order chi connectivity index (χ0) is 11.8. The lowest BCUT2D eigenvalue weighted by Crippen LogP contribution is -1.89. The molecular formula is C8H22O4P2. The average molecular weight is 244 g/mol. The third-order valence-corrected chi connectivity index (χ3v) is 5.12. The van der Waals surface area contributed by atoms with Gasteiger partial charge >= 0.3 is 7.60 Å². The van der Waals surface area contributed by atoms with Crippen molar-refractivity contribution in [2.45, 2.75) is 13.8 Å². The van der Waals surface area contributed by atoms with Gasteiger partial charge in [0.2, 0.25) is 0 Å². The topological polar surface area (TPSA) is 52.6 Å². The minimum absolute atomic E-state index is 0.431. The SMILES string of the molecule is CCP(=O)(OC)OC.CCP(C)(C)=O. The van der Waals surface area contributed by atoms with E-state index in [1.165, 1.54) is 14.2 Å². The summed E-state index contributed by atoms with van der Waals surface area (Å²) in [6, 6.07) is 0. The molecule has 0 amide bonds. The van der Waals surface area contributed by atoms with Crippen molar-refractivity contribution in [2.75, 3.05) is 39.9 Å². The van der Waals surface area contributed by atoms with Crippen LogP contribution in [0.25, 0.3) is 0 Å². The Balaban J connectivity index is 0. The van der Waals surface area contributed by atoms with Gasteiger partial charge in [-0.25, -0.2) is 0 Å². The quantitative estimate of drug-likeness (QED) is 0.713. The Morgan fingerprint density at radius 2 is 1.21 bits per heavy atom. The van der Waals surface area contributed by atoms with Crippen LogP contribution in [0.2, 0.25) is 0 Å². The van der Waals surface area contributed by atoms with Crippen LogP contribution in [0.3, 0.4) is 0 Å². The van der Waals surface area contributed by atoms with Crippen LogP contribution in [0.5, 0.6) is 0 Å². The first-order chi connectivity index (χ1) is 6.24. The Labute approximate surface area is 87.3 Å². The first kappa shape index (κ1) is 16.8. The summed E-state index contributed by atoms with van der Waals surface area (Å²) in [5.41, 5.74) is 0. The van der Waals surface area contributed by atoms with Gasteiger partial charge in [-0.3, -0.25) is 4.57 Å². The van der Waals surface area contributed by atoms with Crippen LogP contribution in [0, 0.1) is 0 Å². The van der Waals surface area contributed by atoms with Gasteiger partial charge in [-0.2, -0.15) is 0 Å². The summed E-state index contributed by atoms with van der Waals surface area (Å²) in [6.45, 7) is 7.30. The van der Waals surface area contributed by atoms with Crippen LogP contribution >= 0.6 is 14.7 Å². The van der Waals surface area contributed by atoms with Gasteiger partial charge in [-0.1, -0.05) is 13.8 Å². The molecule has 0 saturated carbocycles. The molecule has 0 aromatic rings. The molecule has 0 aromatic heterocycles. The fraction of sp³-hybridized carbons (Fsp3) is 1.00. The van der Waals surface area contributed by atoms with Crippen LogP contribution in [-0.4, -0.2) is 39.9 Å². The van der Waals surface area contributed by atoms with Crippen molar-refractivity contribution < 1.29 is 18.2 Å². The summed E-state index contributed by atoms with van der Waals surface area (Å²) >= 11 is 0. The Morgan fingerprint density at radius 3 is 1.21 bits per heavy atom. The third-order valence-electron chi connectivity index (χ3n) is 1.71. The molecule has 0 aromatic carbocycles. The molecule has 0 aliphatic carbocycles. The van der Waals surface area contributed by atoms with Crippen molar-refractivity contribution >= 4 is 14.7 Å².